The molecule has 2 saturated heterocycles. The summed E-state index contributed by atoms with van der Waals surface area (Å²) in [7, 11) is 1.90. The SMILES string of the molecule is CN(Cc1ccc(Cl)cc1)C(=O)CC1CC2CCC(C1)N2.Cl. The van der Waals surface area contributed by atoms with Gasteiger partial charge < -0.3 is 10.2 Å². The number of rotatable bonds is 4. The fraction of sp³-hybridized carbons (Fsp3) is 0.588. The minimum atomic E-state index is 0. The molecule has 1 aromatic rings. The summed E-state index contributed by atoms with van der Waals surface area (Å²) in [4.78, 5) is 14.2. The van der Waals surface area contributed by atoms with Crippen LogP contribution in [0.5, 0.6) is 0 Å². The zero-order chi connectivity index (χ0) is 14.8. The molecule has 0 aromatic heterocycles. The van der Waals surface area contributed by atoms with Crippen LogP contribution < -0.4 is 5.32 Å². The van der Waals surface area contributed by atoms with Gasteiger partial charge in [0.25, 0.3) is 0 Å². The van der Waals surface area contributed by atoms with Crippen LogP contribution in [0.1, 0.15) is 37.7 Å². The van der Waals surface area contributed by atoms with E-state index in [2.05, 4.69) is 5.32 Å². The number of carbonyl (C=O) groups excluding carboxylic acids is 1. The van der Waals surface area contributed by atoms with Gasteiger partial charge in [-0.1, -0.05) is 23.7 Å². The summed E-state index contributed by atoms with van der Waals surface area (Å²) >= 11 is 5.89. The first-order valence-electron chi connectivity index (χ1n) is 7.84. The van der Waals surface area contributed by atoms with Gasteiger partial charge in [0.15, 0.2) is 0 Å². The van der Waals surface area contributed by atoms with E-state index in [1.54, 1.807) is 0 Å². The number of hydrogen-bond acceptors (Lipinski definition) is 2. The lowest BCUT2D eigenvalue weighted by Gasteiger charge is -2.30. The Morgan fingerprint density at radius 2 is 1.82 bits per heavy atom. The Bertz CT molecular complexity index is 494. The van der Waals surface area contributed by atoms with E-state index in [1.807, 2.05) is 36.2 Å². The number of halogens is 2. The summed E-state index contributed by atoms with van der Waals surface area (Å²) in [6.07, 6.45) is 5.60. The van der Waals surface area contributed by atoms with Gasteiger partial charge in [0.05, 0.1) is 0 Å². The highest BCUT2D eigenvalue weighted by Gasteiger charge is 2.34. The molecule has 22 heavy (non-hydrogen) atoms. The number of nitrogens with one attached hydrogen (secondary N) is 1. The number of hydrogen-bond donors (Lipinski definition) is 1. The molecule has 2 unspecified atom stereocenters. The largest absolute Gasteiger partial charge is 0.341 e. The lowest BCUT2D eigenvalue weighted by atomic mass is 9.89. The predicted molar refractivity (Wildman–Crippen MR) is 92.5 cm³/mol. The van der Waals surface area contributed by atoms with E-state index in [1.165, 1.54) is 12.8 Å². The van der Waals surface area contributed by atoms with Crippen molar-refractivity contribution < 1.29 is 4.79 Å². The average molecular weight is 343 g/mol. The van der Waals surface area contributed by atoms with Gasteiger partial charge >= 0.3 is 0 Å². The third-order valence-electron chi connectivity index (χ3n) is 4.79. The van der Waals surface area contributed by atoms with E-state index in [0.29, 0.717) is 31.0 Å². The van der Waals surface area contributed by atoms with Gasteiger partial charge in [-0.3, -0.25) is 4.79 Å². The number of nitrogens with zero attached hydrogens (tertiary/aromatic N) is 1. The highest BCUT2D eigenvalue weighted by Crippen LogP contribution is 2.33. The Balaban J connectivity index is 0.00000176. The molecule has 1 aromatic carbocycles. The van der Waals surface area contributed by atoms with Crippen LogP contribution in [0.25, 0.3) is 0 Å². The van der Waals surface area contributed by atoms with Gasteiger partial charge in [-0.15, -0.1) is 12.4 Å². The smallest absolute Gasteiger partial charge is 0.222 e. The second-order valence-electron chi connectivity index (χ2n) is 6.56. The summed E-state index contributed by atoms with van der Waals surface area (Å²) in [5.74, 6) is 0.820. The molecule has 3 rings (SSSR count). The maximum absolute atomic E-state index is 12.4. The molecule has 2 heterocycles. The van der Waals surface area contributed by atoms with Crippen LogP contribution in [-0.4, -0.2) is 29.9 Å². The summed E-state index contributed by atoms with van der Waals surface area (Å²) in [6.45, 7) is 0.661. The van der Waals surface area contributed by atoms with Crippen molar-refractivity contribution in [1.82, 2.24) is 10.2 Å². The molecule has 0 radical (unpaired) electrons. The number of piperidine rings is 1. The van der Waals surface area contributed by atoms with Crippen molar-refractivity contribution >= 4 is 29.9 Å². The van der Waals surface area contributed by atoms with Crippen molar-refractivity contribution in [3.8, 4) is 0 Å². The number of benzene rings is 1. The van der Waals surface area contributed by atoms with Gasteiger partial charge in [-0.05, 0) is 49.3 Å². The Morgan fingerprint density at radius 1 is 1.23 bits per heavy atom. The van der Waals surface area contributed by atoms with E-state index in [4.69, 9.17) is 11.6 Å². The monoisotopic (exact) mass is 342 g/mol. The van der Waals surface area contributed by atoms with Crippen molar-refractivity contribution in [1.29, 1.82) is 0 Å². The second kappa shape index (κ2) is 7.67. The normalized spacial score (nSPS) is 26.4. The predicted octanol–water partition coefficient (Wildman–Crippen LogP) is 3.64. The Hall–Kier alpha value is -0.770. The van der Waals surface area contributed by atoms with Crippen molar-refractivity contribution in [2.75, 3.05) is 7.05 Å². The van der Waals surface area contributed by atoms with Gasteiger partial charge in [0.2, 0.25) is 5.91 Å². The standard InChI is InChI=1S/C17H23ClN2O.ClH/c1-20(11-12-2-4-14(18)5-3-12)17(21)10-13-8-15-6-7-16(9-13)19-15;/h2-5,13,15-16,19H,6-11H2,1H3;1H. The first kappa shape index (κ1) is 17.6. The molecule has 5 heteroatoms. The minimum Gasteiger partial charge on any atom is -0.341 e. The summed E-state index contributed by atoms with van der Waals surface area (Å²) in [5.41, 5.74) is 1.13. The maximum atomic E-state index is 12.4. The highest BCUT2D eigenvalue weighted by molar-refractivity contribution is 6.30. The second-order valence-corrected chi connectivity index (χ2v) is 6.99. The molecule has 2 aliphatic rings. The fourth-order valence-corrected chi connectivity index (χ4v) is 3.82. The van der Waals surface area contributed by atoms with Crippen molar-refractivity contribution in [3.63, 3.8) is 0 Å². The lowest BCUT2D eigenvalue weighted by Crippen LogP contribution is -2.39. The first-order chi connectivity index (χ1) is 10.1. The van der Waals surface area contributed by atoms with E-state index in [0.717, 1.165) is 23.4 Å². The van der Waals surface area contributed by atoms with E-state index >= 15 is 0 Å². The molecule has 2 fully saturated rings. The molecule has 3 nitrogen and oxygen atoms in total. The molecule has 1 N–H and O–H groups in total. The quantitative estimate of drug-likeness (QED) is 0.905. The van der Waals surface area contributed by atoms with Crippen molar-refractivity contribution in [3.05, 3.63) is 34.9 Å². The van der Waals surface area contributed by atoms with Gasteiger partial charge in [0.1, 0.15) is 0 Å². The number of fused-ring (bicyclic) bond motifs is 2. The lowest BCUT2D eigenvalue weighted by molar-refractivity contribution is -0.131. The number of amides is 1. The van der Waals surface area contributed by atoms with Crippen molar-refractivity contribution in [2.45, 2.75) is 50.7 Å². The van der Waals surface area contributed by atoms with Crippen LogP contribution in [0.3, 0.4) is 0 Å². The van der Waals surface area contributed by atoms with Gasteiger partial charge in [0, 0.05) is 37.1 Å². The van der Waals surface area contributed by atoms with E-state index in [9.17, 15) is 4.79 Å². The fourth-order valence-electron chi connectivity index (χ4n) is 3.70. The third-order valence-corrected chi connectivity index (χ3v) is 5.04. The molecule has 122 valence electrons. The van der Waals surface area contributed by atoms with Crippen LogP contribution in [0.15, 0.2) is 24.3 Å². The molecule has 0 spiro atoms. The molecule has 2 aliphatic heterocycles. The molecule has 2 bridgehead atoms. The molecule has 2 atom stereocenters. The maximum Gasteiger partial charge on any atom is 0.222 e. The van der Waals surface area contributed by atoms with E-state index in [-0.39, 0.29) is 18.3 Å². The highest BCUT2D eigenvalue weighted by atomic mass is 35.5. The zero-order valence-electron chi connectivity index (χ0n) is 12.9. The Morgan fingerprint density at radius 3 is 2.41 bits per heavy atom. The van der Waals surface area contributed by atoms with Crippen LogP contribution in [0.4, 0.5) is 0 Å². The van der Waals surface area contributed by atoms with Crippen LogP contribution in [0, 0.1) is 5.92 Å². The zero-order valence-corrected chi connectivity index (χ0v) is 14.5. The van der Waals surface area contributed by atoms with E-state index < -0.39 is 0 Å². The first-order valence-corrected chi connectivity index (χ1v) is 8.22. The van der Waals surface area contributed by atoms with Crippen LogP contribution in [-0.2, 0) is 11.3 Å². The Labute approximate surface area is 143 Å². The molecule has 1 amide bonds. The van der Waals surface area contributed by atoms with Crippen LogP contribution in [0.2, 0.25) is 5.02 Å². The molecule has 0 aliphatic carbocycles. The minimum absolute atomic E-state index is 0. The summed E-state index contributed by atoms with van der Waals surface area (Å²) in [6, 6.07) is 9.03. The summed E-state index contributed by atoms with van der Waals surface area (Å²) in [5, 5.41) is 4.36. The molecular formula is C17H24Cl2N2O. The van der Waals surface area contributed by atoms with Crippen molar-refractivity contribution in [2.24, 2.45) is 5.92 Å². The molecular weight excluding hydrogens is 319 g/mol. The molecule has 0 saturated carbocycles. The Kier molecular flexibility index (Phi) is 6.13. The third kappa shape index (κ3) is 4.37. The average Bonchev–Trinajstić information content (AvgIpc) is 2.80. The van der Waals surface area contributed by atoms with Crippen LogP contribution >= 0.6 is 24.0 Å². The summed E-state index contributed by atoms with van der Waals surface area (Å²) < 4.78 is 0. The number of carbonyl (C=O) groups is 1. The van der Waals surface area contributed by atoms with Gasteiger partial charge in [-0.25, -0.2) is 0 Å². The van der Waals surface area contributed by atoms with Gasteiger partial charge in [-0.2, -0.15) is 0 Å². The topological polar surface area (TPSA) is 32.3 Å².